The molecule has 0 saturated heterocycles. The third-order valence-corrected chi connectivity index (χ3v) is 3.19. The van der Waals surface area contributed by atoms with E-state index in [1.54, 1.807) is 36.4 Å². The van der Waals surface area contributed by atoms with E-state index in [-0.39, 0.29) is 35.5 Å². The van der Waals surface area contributed by atoms with Gasteiger partial charge in [0.05, 0.1) is 0 Å². The molecule has 0 aliphatic carbocycles. The van der Waals surface area contributed by atoms with Crippen LogP contribution in [-0.2, 0) is 6.54 Å². The molecule has 0 bridgehead atoms. The summed E-state index contributed by atoms with van der Waals surface area (Å²) in [4.78, 5) is 16.2. The van der Waals surface area contributed by atoms with Crippen LogP contribution in [0.2, 0.25) is 0 Å². The molecule has 23 heavy (non-hydrogen) atoms. The number of carbonyl (C=O) groups is 1. The third-order valence-electron chi connectivity index (χ3n) is 3.19. The highest BCUT2D eigenvalue weighted by Crippen LogP contribution is 2.22. The number of phenolic OH excluding ortho intramolecular Hbond substituents is 2. The zero-order valence-electron chi connectivity index (χ0n) is 12.1. The first-order valence-corrected chi connectivity index (χ1v) is 6.93. The number of amides is 1. The van der Waals surface area contributed by atoms with Crippen LogP contribution >= 0.6 is 0 Å². The summed E-state index contributed by atoms with van der Waals surface area (Å²) in [6.45, 7) is 0.265. The molecule has 2 aromatic carbocycles. The summed E-state index contributed by atoms with van der Waals surface area (Å²) in [6.07, 6.45) is 1.26. The Bertz CT molecular complexity index is 842. The summed E-state index contributed by atoms with van der Waals surface area (Å²) < 4.78 is 5.27. The van der Waals surface area contributed by atoms with Gasteiger partial charge in [0.25, 0.3) is 5.91 Å². The first-order valence-electron chi connectivity index (χ1n) is 6.93. The second-order valence-corrected chi connectivity index (χ2v) is 4.94. The second-order valence-electron chi connectivity index (χ2n) is 4.94. The van der Waals surface area contributed by atoms with Crippen LogP contribution in [0, 0.1) is 0 Å². The molecule has 0 unspecified atom stereocenters. The average Bonchev–Trinajstić information content (AvgIpc) is 3.03. The van der Waals surface area contributed by atoms with Gasteiger partial charge in [-0.05, 0) is 35.9 Å². The SMILES string of the molecule is O=C(NCc1cccc(O)c1)c1coc(-c2cccc(O)c2)n1. The van der Waals surface area contributed by atoms with Gasteiger partial charge < -0.3 is 19.9 Å². The monoisotopic (exact) mass is 310 g/mol. The summed E-state index contributed by atoms with van der Waals surface area (Å²) >= 11 is 0. The molecule has 0 spiro atoms. The number of hydrogen-bond acceptors (Lipinski definition) is 5. The molecule has 1 amide bonds. The van der Waals surface area contributed by atoms with Crippen LogP contribution in [0.1, 0.15) is 16.1 Å². The molecule has 0 saturated carbocycles. The van der Waals surface area contributed by atoms with Gasteiger partial charge in [-0.25, -0.2) is 4.98 Å². The Morgan fingerprint density at radius 2 is 1.83 bits per heavy atom. The normalized spacial score (nSPS) is 10.4. The second kappa shape index (κ2) is 6.23. The van der Waals surface area contributed by atoms with Crippen molar-refractivity contribution in [2.45, 2.75) is 6.54 Å². The minimum Gasteiger partial charge on any atom is -0.508 e. The molecule has 0 atom stereocenters. The molecule has 3 rings (SSSR count). The summed E-state index contributed by atoms with van der Waals surface area (Å²) in [5.41, 5.74) is 1.50. The fourth-order valence-corrected chi connectivity index (χ4v) is 2.09. The molecule has 0 aliphatic heterocycles. The van der Waals surface area contributed by atoms with Gasteiger partial charge in [-0.2, -0.15) is 0 Å². The van der Waals surface area contributed by atoms with E-state index in [1.165, 1.54) is 18.4 Å². The van der Waals surface area contributed by atoms with Crippen LogP contribution in [-0.4, -0.2) is 21.1 Å². The van der Waals surface area contributed by atoms with E-state index in [9.17, 15) is 15.0 Å². The fourth-order valence-electron chi connectivity index (χ4n) is 2.09. The van der Waals surface area contributed by atoms with Gasteiger partial charge in [-0.3, -0.25) is 4.79 Å². The minimum absolute atomic E-state index is 0.0931. The topological polar surface area (TPSA) is 95.6 Å². The minimum atomic E-state index is -0.386. The Hall–Kier alpha value is -3.28. The van der Waals surface area contributed by atoms with Gasteiger partial charge in [0, 0.05) is 12.1 Å². The van der Waals surface area contributed by atoms with E-state index in [2.05, 4.69) is 10.3 Å². The predicted molar refractivity (Wildman–Crippen MR) is 82.9 cm³/mol. The van der Waals surface area contributed by atoms with Crippen molar-refractivity contribution in [2.24, 2.45) is 0 Å². The van der Waals surface area contributed by atoms with Crippen molar-refractivity contribution in [1.82, 2.24) is 10.3 Å². The van der Waals surface area contributed by atoms with E-state index in [0.717, 1.165) is 5.56 Å². The van der Waals surface area contributed by atoms with Gasteiger partial charge in [-0.15, -0.1) is 0 Å². The van der Waals surface area contributed by atoms with Crippen molar-refractivity contribution in [3.05, 3.63) is 66.1 Å². The Morgan fingerprint density at radius 3 is 2.57 bits per heavy atom. The van der Waals surface area contributed by atoms with Gasteiger partial charge in [0.2, 0.25) is 5.89 Å². The quantitative estimate of drug-likeness (QED) is 0.688. The number of phenols is 2. The van der Waals surface area contributed by atoms with E-state index in [4.69, 9.17) is 4.42 Å². The molecular weight excluding hydrogens is 296 g/mol. The van der Waals surface area contributed by atoms with Crippen molar-refractivity contribution in [2.75, 3.05) is 0 Å². The van der Waals surface area contributed by atoms with Crippen molar-refractivity contribution in [3.63, 3.8) is 0 Å². The molecule has 0 fully saturated rings. The fraction of sp³-hybridized carbons (Fsp3) is 0.0588. The molecule has 116 valence electrons. The number of nitrogens with zero attached hydrogens (tertiary/aromatic N) is 1. The maximum absolute atomic E-state index is 12.1. The lowest BCUT2D eigenvalue weighted by Crippen LogP contribution is -2.23. The summed E-state index contributed by atoms with van der Waals surface area (Å²) in [5.74, 6) is 0.104. The Kier molecular flexibility index (Phi) is 3.97. The molecule has 0 aliphatic rings. The van der Waals surface area contributed by atoms with Gasteiger partial charge in [0.15, 0.2) is 5.69 Å². The van der Waals surface area contributed by atoms with E-state index < -0.39 is 0 Å². The highest BCUT2D eigenvalue weighted by molar-refractivity contribution is 5.92. The summed E-state index contributed by atoms with van der Waals surface area (Å²) in [5, 5.41) is 21.5. The number of carbonyl (C=O) groups excluding carboxylic acids is 1. The van der Waals surface area contributed by atoms with Crippen LogP contribution in [0.3, 0.4) is 0 Å². The first kappa shape index (κ1) is 14.6. The average molecular weight is 310 g/mol. The zero-order valence-corrected chi connectivity index (χ0v) is 12.1. The molecule has 1 heterocycles. The number of hydrogen-bond donors (Lipinski definition) is 3. The van der Waals surface area contributed by atoms with Crippen molar-refractivity contribution >= 4 is 5.91 Å². The number of nitrogens with one attached hydrogen (secondary N) is 1. The van der Waals surface area contributed by atoms with E-state index in [0.29, 0.717) is 5.56 Å². The molecular formula is C17H14N2O4. The van der Waals surface area contributed by atoms with Crippen molar-refractivity contribution < 1.29 is 19.4 Å². The van der Waals surface area contributed by atoms with Crippen LogP contribution in [0.5, 0.6) is 11.5 Å². The molecule has 0 radical (unpaired) electrons. The molecule has 6 heteroatoms. The third kappa shape index (κ3) is 3.49. The lowest BCUT2D eigenvalue weighted by molar-refractivity contribution is 0.0946. The standard InChI is InChI=1S/C17H14N2O4/c20-13-5-1-3-11(7-13)9-18-16(22)15-10-23-17(19-15)12-4-2-6-14(21)8-12/h1-8,10,20-21H,9H2,(H,18,22). The van der Waals surface area contributed by atoms with Crippen molar-refractivity contribution in [1.29, 1.82) is 0 Å². The molecule has 6 nitrogen and oxygen atoms in total. The van der Waals surface area contributed by atoms with E-state index >= 15 is 0 Å². The first-order chi connectivity index (χ1) is 11.1. The lowest BCUT2D eigenvalue weighted by atomic mass is 10.2. The lowest BCUT2D eigenvalue weighted by Gasteiger charge is -2.03. The highest BCUT2D eigenvalue weighted by Gasteiger charge is 2.13. The number of aromatic nitrogens is 1. The summed E-state index contributed by atoms with van der Waals surface area (Å²) in [6, 6.07) is 13.0. The molecule has 1 aromatic heterocycles. The Balaban J connectivity index is 1.69. The van der Waals surface area contributed by atoms with E-state index in [1.807, 2.05) is 0 Å². The van der Waals surface area contributed by atoms with Gasteiger partial charge in [0.1, 0.15) is 17.8 Å². The highest BCUT2D eigenvalue weighted by atomic mass is 16.3. The van der Waals surface area contributed by atoms with Crippen LogP contribution in [0.25, 0.3) is 11.5 Å². The molecule has 3 N–H and O–H groups in total. The Labute approximate surface area is 132 Å². The number of aromatic hydroxyl groups is 2. The maximum atomic E-state index is 12.1. The largest absolute Gasteiger partial charge is 0.508 e. The zero-order chi connectivity index (χ0) is 16.2. The van der Waals surface area contributed by atoms with Crippen LogP contribution in [0.4, 0.5) is 0 Å². The number of oxazole rings is 1. The Morgan fingerprint density at radius 1 is 1.09 bits per heavy atom. The smallest absolute Gasteiger partial charge is 0.273 e. The number of rotatable bonds is 4. The van der Waals surface area contributed by atoms with Crippen molar-refractivity contribution in [3.8, 4) is 23.0 Å². The molecule has 3 aromatic rings. The van der Waals surface area contributed by atoms with Gasteiger partial charge >= 0.3 is 0 Å². The van der Waals surface area contributed by atoms with Crippen LogP contribution < -0.4 is 5.32 Å². The van der Waals surface area contributed by atoms with Gasteiger partial charge in [-0.1, -0.05) is 18.2 Å². The predicted octanol–water partition coefficient (Wildman–Crippen LogP) is 2.68. The summed E-state index contributed by atoms with van der Waals surface area (Å²) in [7, 11) is 0. The van der Waals surface area contributed by atoms with Crippen LogP contribution in [0.15, 0.2) is 59.2 Å². The maximum Gasteiger partial charge on any atom is 0.273 e. The number of benzene rings is 2.